The molecular weight excluding hydrogens is 220 g/mol. The summed E-state index contributed by atoms with van der Waals surface area (Å²) < 4.78 is 0. The molecule has 0 bridgehead atoms. The van der Waals surface area contributed by atoms with Crippen LogP contribution in [0.25, 0.3) is 0 Å². The molecule has 86 valence electrons. The van der Waals surface area contributed by atoms with E-state index in [1.807, 2.05) is 43.0 Å². The zero-order valence-corrected chi connectivity index (χ0v) is 10.2. The quantitative estimate of drug-likeness (QED) is 0.850. The van der Waals surface area contributed by atoms with Gasteiger partial charge in [0.15, 0.2) is 0 Å². The highest BCUT2D eigenvalue weighted by molar-refractivity contribution is 8.00. The Kier molecular flexibility index (Phi) is 3.54. The van der Waals surface area contributed by atoms with Gasteiger partial charge in [-0.1, -0.05) is 19.1 Å². The van der Waals surface area contributed by atoms with Crippen molar-refractivity contribution in [2.24, 2.45) is 0 Å². The molecule has 0 saturated heterocycles. The number of carbonyl (C=O) groups is 1. The molecule has 0 aromatic heterocycles. The largest absolute Gasteiger partial charge is 0.481 e. The molecule has 1 unspecified atom stereocenters. The van der Waals surface area contributed by atoms with Crippen LogP contribution in [-0.4, -0.2) is 16.3 Å². The van der Waals surface area contributed by atoms with Gasteiger partial charge in [0, 0.05) is 10.1 Å². The van der Waals surface area contributed by atoms with Crippen LogP contribution in [0.4, 0.5) is 0 Å². The number of aliphatic carboxylic acids is 1. The molecule has 1 N–H and O–H groups in total. The van der Waals surface area contributed by atoms with E-state index in [1.54, 1.807) is 0 Å². The van der Waals surface area contributed by atoms with Crippen molar-refractivity contribution in [1.82, 2.24) is 0 Å². The second-order valence-corrected chi connectivity index (χ2v) is 5.56. The predicted molar refractivity (Wildman–Crippen MR) is 66.0 cm³/mol. The third kappa shape index (κ3) is 2.79. The molecule has 0 amide bonds. The fourth-order valence-electron chi connectivity index (χ4n) is 1.71. The molecule has 1 saturated carbocycles. The smallest absolute Gasteiger partial charge is 0.310 e. The molecule has 1 aliphatic rings. The highest BCUT2D eigenvalue weighted by Crippen LogP contribution is 2.39. The number of hydrogen-bond donors (Lipinski definition) is 1. The molecule has 1 aromatic rings. The Morgan fingerprint density at radius 3 is 2.50 bits per heavy atom. The van der Waals surface area contributed by atoms with Crippen LogP contribution < -0.4 is 0 Å². The number of hydrogen-bond acceptors (Lipinski definition) is 2. The molecule has 1 aliphatic carbocycles. The van der Waals surface area contributed by atoms with Crippen molar-refractivity contribution in [3.63, 3.8) is 0 Å². The summed E-state index contributed by atoms with van der Waals surface area (Å²) in [6.07, 6.45) is 3.28. The first-order chi connectivity index (χ1) is 7.70. The van der Waals surface area contributed by atoms with Gasteiger partial charge >= 0.3 is 5.97 Å². The molecule has 2 rings (SSSR count). The molecule has 2 nitrogen and oxygen atoms in total. The van der Waals surface area contributed by atoms with Crippen molar-refractivity contribution in [3.8, 4) is 0 Å². The summed E-state index contributed by atoms with van der Waals surface area (Å²) >= 11 is 1.90. The first kappa shape index (κ1) is 11.5. The molecule has 0 heterocycles. The van der Waals surface area contributed by atoms with Crippen molar-refractivity contribution < 1.29 is 9.90 Å². The van der Waals surface area contributed by atoms with Crippen molar-refractivity contribution >= 4 is 17.7 Å². The molecule has 0 radical (unpaired) electrons. The monoisotopic (exact) mass is 236 g/mol. The van der Waals surface area contributed by atoms with Gasteiger partial charge in [-0.05, 0) is 37.0 Å². The van der Waals surface area contributed by atoms with Crippen LogP contribution in [0, 0.1) is 0 Å². The van der Waals surface area contributed by atoms with E-state index >= 15 is 0 Å². The first-order valence-electron chi connectivity index (χ1n) is 5.70. The maximum atomic E-state index is 11.0. The lowest BCUT2D eigenvalue weighted by Crippen LogP contribution is -2.10. The third-order valence-corrected chi connectivity index (χ3v) is 4.17. The average Bonchev–Trinajstić information content (AvgIpc) is 3.05. The number of carboxylic acid groups (broad SMARTS) is 1. The highest BCUT2D eigenvalue weighted by atomic mass is 32.2. The lowest BCUT2D eigenvalue weighted by Gasteiger charge is -2.10. The van der Waals surface area contributed by atoms with E-state index in [0.717, 1.165) is 10.8 Å². The topological polar surface area (TPSA) is 37.3 Å². The molecule has 0 spiro atoms. The SMILES string of the molecule is CCC(C(=O)O)c1ccc(SC2CC2)cc1. The van der Waals surface area contributed by atoms with Gasteiger partial charge in [-0.3, -0.25) is 4.79 Å². The van der Waals surface area contributed by atoms with Gasteiger partial charge in [-0.25, -0.2) is 0 Å². The fraction of sp³-hybridized carbons (Fsp3) is 0.462. The predicted octanol–water partition coefficient (Wildman–Crippen LogP) is 3.52. The molecule has 3 heteroatoms. The van der Waals surface area contributed by atoms with Crippen molar-refractivity contribution in [2.75, 3.05) is 0 Å². The Morgan fingerprint density at radius 2 is 2.06 bits per heavy atom. The molecule has 1 atom stereocenters. The van der Waals surface area contributed by atoms with Crippen LogP contribution in [0.5, 0.6) is 0 Å². The highest BCUT2D eigenvalue weighted by Gasteiger charge is 2.23. The van der Waals surface area contributed by atoms with Crippen molar-refractivity contribution in [3.05, 3.63) is 29.8 Å². The van der Waals surface area contributed by atoms with E-state index in [4.69, 9.17) is 5.11 Å². The maximum absolute atomic E-state index is 11.0. The minimum Gasteiger partial charge on any atom is -0.481 e. The van der Waals surface area contributed by atoms with Gasteiger partial charge in [0.1, 0.15) is 0 Å². The van der Waals surface area contributed by atoms with Gasteiger partial charge in [-0.15, -0.1) is 11.8 Å². The average molecular weight is 236 g/mol. The minimum atomic E-state index is -0.731. The van der Waals surface area contributed by atoms with Crippen molar-refractivity contribution in [1.29, 1.82) is 0 Å². The summed E-state index contributed by atoms with van der Waals surface area (Å²) in [7, 11) is 0. The van der Waals surface area contributed by atoms with Gasteiger partial charge < -0.3 is 5.11 Å². The Bertz CT molecular complexity index is 368. The van der Waals surface area contributed by atoms with Gasteiger partial charge in [0.2, 0.25) is 0 Å². The standard InChI is InChI=1S/C13H16O2S/c1-2-12(13(14)15)9-3-5-10(6-4-9)16-11-7-8-11/h3-6,11-12H,2,7-8H2,1H3,(H,14,15). The molecule has 16 heavy (non-hydrogen) atoms. The van der Waals surface area contributed by atoms with E-state index < -0.39 is 5.97 Å². The van der Waals surface area contributed by atoms with Crippen LogP contribution in [0.2, 0.25) is 0 Å². The van der Waals surface area contributed by atoms with Gasteiger partial charge in [0.05, 0.1) is 5.92 Å². The Balaban J connectivity index is 2.07. The normalized spacial score (nSPS) is 17.1. The minimum absolute atomic E-state index is 0.361. The maximum Gasteiger partial charge on any atom is 0.310 e. The third-order valence-electron chi connectivity index (χ3n) is 2.82. The summed E-state index contributed by atoms with van der Waals surface area (Å²) in [5.74, 6) is -1.09. The van der Waals surface area contributed by atoms with E-state index in [1.165, 1.54) is 17.7 Å². The first-order valence-corrected chi connectivity index (χ1v) is 6.58. The number of benzene rings is 1. The second kappa shape index (κ2) is 4.91. The zero-order chi connectivity index (χ0) is 11.5. The molecular formula is C13H16O2S. The van der Waals surface area contributed by atoms with Gasteiger partial charge in [0.25, 0.3) is 0 Å². The number of carboxylic acids is 1. The van der Waals surface area contributed by atoms with E-state index in [0.29, 0.717) is 6.42 Å². The summed E-state index contributed by atoms with van der Waals surface area (Å²) in [6, 6.07) is 7.99. The lowest BCUT2D eigenvalue weighted by atomic mass is 9.97. The Labute approximate surface area is 100 Å². The van der Waals surface area contributed by atoms with E-state index in [9.17, 15) is 4.79 Å². The molecule has 1 fully saturated rings. The molecule has 1 aromatic carbocycles. The van der Waals surface area contributed by atoms with Crippen LogP contribution in [0.3, 0.4) is 0 Å². The number of rotatable bonds is 5. The van der Waals surface area contributed by atoms with E-state index in [-0.39, 0.29) is 5.92 Å². The second-order valence-electron chi connectivity index (χ2n) is 4.19. The van der Waals surface area contributed by atoms with Gasteiger partial charge in [-0.2, -0.15) is 0 Å². The fourth-order valence-corrected chi connectivity index (χ4v) is 2.76. The summed E-state index contributed by atoms with van der Waals surface area (Å²) in [5.41, 5.74) is 0.912. The van der Waals surface area contributed by atoms with Crippen LogP contribution in [-0.2, 0) is 4.79 Å². The van der Waals surface area contributed by atoms with E-state index in [2.05, 4.69) is 0 Å². The Morgan fingerprint density at radius 1 is 1.44 bits per heavy atom. The zero-order valence-electron chi connectivity index (χ0n) is 9.35. The van der Waals surface area contributed by atoms with Crippen LogP contribution >= 0.6 is 11.8 Å². The van der Waals surface area contributed by atoms with Crippen LogP contribution in [0.1, 0.15) is 37.7 Å². The van der Waals surface area contributed by atoms with Crippen molar-refractivity contribution in [2.45, 2.75) is 42.2 Å². The molecule has 0 aliphatic heterocycles. The number of thioether (sulfide) groups is 1. The lowest BCUT2D eigenvalue weighted by molar-refractivity contribution is -0.138. The Hall–Kier alpha value is -0.960. The van der Waals surface area contributed by atoms with Crippen LogP contribution in [0.15, 0.2) is 29.2 Å². The summed E-state index contributed by atoms with van der Waals surface area (Å²) in [5, 5.41) is 9.84. The summed E-state index contributed by atoms with van der Waals surface area (Å²) in [6.45, 7) is 1.91. The summed E-state index contributed by atoms with van der Waals surface area (Å²) in [4.78, 5) is 12.3.